The normalized spacial score (nSPS) is 10.7. The first-order valence-electron chi connectivity index (χ1n) is 7.12. The van der Waals surface area contributed by atoms with Crippen molar-refractivity contribution < 1.29 is 4.79 Å². The van der Waals surface area contributed by atoms with E-state index in [-0.39, 0.29) is 5.78 Å². The number of fused-ring (bicyclic) bond motifs is 1. The molecule has 0 saturated carbocycles. The molecule has 0 unspecified atom stereocenters. The van der Waals surface area contributed by atoms with Gasteiger partial charge in [-0.15, -0.1) is 0 Å². The maximum absolute atomic E-state index is 12.8. The predicted molar refractivity (Wildman–Crippen MR) is 88.5 cm³/mol. The third-order valence-corrected chi connectivity index (χ3v) is 3.58. The minimum absolute atomic E-state index is 0.0768. The lowest BCUT2D eigenvalue weighted by molar-refractivity contribution is 0.103. The zero-order valence-corrected chi connectivity index (χ0v) is 12.9. The maximum Gasteiger partial charge on any atom is 0.212 e. The molecule has 0 bridgehead atoms. The Balaban J connectivity index is 2.09. The van der Waals surface area contributed by atoms with Crippen molar-refractivity contribution in [3.63, 3.8) is 0 Å². The zero-order chi connectivity index (χ0) is 15.7. The molecular formula is C18H17N3O. The molecule has 4 nitrogen and oxygen atoms in total. The third-order valence-electron chi connectivity index (χ3n) is 3.58. The van der Waals surface area contributed by atoms with Crippen LogP contribution in [0, 0.1) is 6.92 Å². The lowest BCUT2D eigenvalue weighted by Gasteiger charge is -2.12. The molecule has 1 heterocycles. The molecule has 0 fully saturated rings. The summed E-state index contributed by atoms with van der Waals surface area (Å²) < 4.78 is 0. The van der Waals surface area contributed by atoms with E-state index in [1.807, 2.05) is 67.5 Å². The molecule has 2 aromatic carbocycles. The van der Waals surface area contributed by atoms with E-state index in [9.17, 15) is 4.79 Å². The van der Waals surface area contributed by atoms with Gasteiger partial charge in [-0.05, 0) is 37.3 Å². The average Bonchev–Trinajstić information content (AvgIpc) is 2.53. The highest BCUT2D eigenvalue weighted by atomic mass is 16.1. The quantitative estimate of drug-likeness (QED) is 0.695. The molecule has 0 saturated heterocycles. The molecule has 0 aliphatic rings. The Labute approximate surface area is 129 Å². The topological polar surface area (TPSA) is 46.1 Å². The number of nitrogens with zero attached hydrogens (tertiary/aromatic N) is 3. The Bertz CT molecular complexity index is 839. The van der Waals surface area contributed by atoms with Gasteiger partial charge in [0.2, 0.25) is 5.78 Å². The van der Waals surface area contributed by atoms with Crippen LogP contribution >= 0.6 is 0 Å². The summed E-state index contributed by atoms with van der Waals surface area (Å²) in [5.41, 5.74) is 2.94. The predicted octanol–water partition coefficient (Wildman–Crippen LogP) is 3.24. The van der Waals surface area contributed by atoms with Crippen molar-refractivity contribution in [2.45, 2.75) is 6.92 Å². The second kappa shape index (κ2) is 5.56. The Kier molecular flexibility index (Phi) is 3.59. The maximum atomic E-state index is 12.8. The average molecular weight is 291 g/mol. The summed E-state index contributed by atoms with van der Waals surface area (Å²) in [6, 6.07) is 15.1. The number of carbonyl (C=O) groups is 1. The van der Waals surface area contributed by atoms with Crippen molar-refractivity contribution in [1.82, 2.24) is 9.97 Å². The van der Waals surface area contributed by atoms with Gasteiger partial charge < -0.3 is 4.90 Å². The molecule has 0 aliphatic carbocycles. The SMILES string of the molecule is Cc1nc(C(=O)c2ccc(N(C)C)cc2)c2ccccc2n1. The number of rotatable bonds is 3. The summed E-state index contributed by atoms with van der Waals surface area (Å²) >= 11 is 0. The second-order valence-corrected chi connectivity index (χ2v) is 5.41. The highest BCUT2D eigenvalue weighted by molar-refractivity contribution is 6.14. The smallest absolute Gasteiger partial charge is 0.212 e. The number of aromatic nitrogens is 2. The first-order chi connectivity index (χ1) is 10.6. The standard InChI is InChI=1S/C18H17N3O/c1-12-19-16-7-5-4-6-15(16)17(20-12)18(22)13-8-10-14(11-9-13)21(2)3/h4-11H,1-3H3. The van der Waals surface area contributed by atoms with Crippen LogP contribution in [0.15, 0.2) is 48.5 Å². The van der Waals surface area contributed by atoms with Crippen LogP contribution in [-0.2, 0) is 0 Å². The summed E-state index contributed by atoms with van der Waals surface area (Å²) in [6.45, 7) is 1.80. The fourth-order valence-corrected chi connectivity index (χ4v) is 2.41. The van der Waals surface area contributed by atoms with E-state index >= 15 is 0 Å². The molecule has 0 amide bonds. The Morgan fingerprint density at radius 2 is 1.64 bits per heavy atom. The Hall–Kier alpha value is -2.75. The highest BCUT2D eigenvalue weighted by Gasteiger charge is 2.15. The van der Waals surface area contributed by atoms with E-state index in [1.54, 1.807) is 6.92 Å². The van der Waals surface area contributed by atoms with E-state index in [4.69, 9.17) is 0 Å². The van der Waals surface area contributed by atoms with Gasteiger partial charge in [0.15, 0.2) is 0 Å². The van der Waals surface area contributed by atoms with Crippen LogP contribution in [0.1, 0.15) is 21.9 Å². The van der Waals surface area contributed by atoms with E-state index in [0.717, 1.165) is 16.6 Å². The van der Waals surface area contributed by atoms with Gasteiger partial charge >= 0.3 is 0 Å². The van der Waals surface area contributed by atoms with Crippen molar-refractivity contribution >= 4 is 22.4 Å². The van der Waals surface area contributed by atoms with Crippen LogP contribution < -0.4 is 4.90 Å². The van der Waals surface area contributed by atoms with Crippen LogP contribution in [0.5, 0.6) is 0 Å². The number of benzene rings is 2. The molecule has 0 radical (unpaired) electrons. The van der Waals surface area contributed by atoms with Gasteiger partial charge in [0.1, 0.15) is 11.5 Å². The summed E-state index contributed by atoms with van der Waals surface area (Å²) in [4.78, 5) is 23.5. The van der Waals surface area contributed by atoms with Gasteiger partial charge in [-0.2, -0.15) is 0 Å². The van der Waals surface area contributed by atoms with Crippen molar-refractivity contribution in [3.05, 3.63) is 65.6 Å². The lowest BCUT2D eigenvalue weighted by Crippen LogP contribution is -2.10. The van der Waals surface area contributed by atoms with Crippen molar-refractivity contribution in [1.29, 1.82) is 0 Å². The van der Waals surface area contributed by atoms with Crippen LogP contribution in [0.3, 0.4) is 0 Å². The molecule has 0 spiro atoms. The molecule has 3 rings (SSSR count). The number of hydrogen-bond donors (Lipinski definition) is 0. The fourth-order valence-electron chi connectivity index (χ4n) is 2.41. The molecule has 3 aromatic rings. The summed E-state index contributed by atoms with van der Waals surface area (Å²) in [5.74, 6) is 0.527. The molecule has 0 atom stereocenters. The highest BCUT2D eigenvalue weighted by Crippen LogP contribution is 2.20. The van der Waals surface area contributed by atoms with Gasteiger partial charge in [0.25, 0.3) is 0 Å². The number of aryl methyl sites for hydroxylation is 1. The van der Waals surface area contributed by atoms with Gasteiger partial charge in [-0.1, -0.05) is 18.2 Å². The van der Waals surface area contributed by atoms with E-state index in [1.165, 1.54) is 0 Å². The van der Waals surface area contributed by atoms with Gasteiger partial charge in [0, 0.05) is 30.7 Å². The monoisotopic (exact) mass is 291 g/mol. The van der Waals surface area contributed by atoms with E-state index < -0.39 is 0 Å². The first-order valence-corrected chi connectivity index (χ1v) is 7.12. The Morgan fingerprint density at radius 1 is 0.955 bits per heavy atom. The summed E-state index contributed by atoms with van der Waals surface area (Å²) in [5, 5.41) is 0.787. The Morgan fingerprint density at radius 3 is 2.32 bits per heavy atom. The van der Waals surface area contributed by atoms with Crippen molar-refractivity contribution in [2.24, 2.45) is 0 Å². The van der Waals surface area contributed by atoms with Gasteiger partial charge in [-0.3, -0.25) is 4.79 Å². The first kappa shape index (κ1) is 14.2. The molecule has 0 aliphatic heterocycles. The second-order valence-electron chi connectivity index (χ2n) is 5.41. The molecule has 110 valence electrons. The summed E-state index contributed by atoms with van der Waals surface area (Å²) in [6.07, 6.45) is 0. The number of carbonyl (C=O) groups excluding carboxylic acids is 1. The van der Waals surface area contributed by atoms with Gasteiger partial charge in [-0.25, -0.2) is 9.97 Å². The van der Waals surface area contributed by atoms with Crippen LogP contribution in [-0.4, -0.2) is 29.8 Å². The van der Waals surface area contributed by atoms with Crippen LogP contribution in [0.2, 0.25) is 0 Å². The number of para-hydroxylation sites is 1. The molecule has 4 heteroatoms. The van der Waals surface area contributed by atoms with E-state index in [0.29, 0.717) is 17.1 Å². The lowest BCUT2D eigenvalue weighted by atomic mass is 10.0. The molecular weight excluding hydrogens is 274 g/mol. The minimum atomic E-state index is -0.0768. The molecule has 1 aromatic heterocycles. The van der Waals surface area contributed by atoms with Crippen molar-refractivity contribution in [2.75, 3.05) is 19.0 Å². The molecule has 22 heavy (non-hydrogen) atoms. The van der Waals surface area contributed by atoms with Crippen LogP contribution in [0.25, 0.3) is 10.9 Å². The molecule has 0 N–H and O–H groups in total. The van der Waals surface area contributed by atoms with Gasteiger partial charge in [0.05, 0.1) is 5.52 Å². The fraction of sp³-hybridized carbons (Fsp3) is 0.167. The van der Waals surface area contributed by atoms with E-state index in [2.05, 4.69) is 9.97 Å². The number of hydrogen-bond acceptors (Lipinski definition) is 4. The van der Waals surface area contributed by atoms with Crippen molar-refractivity contribution in [3.8, 4) is 0 Å². The third kappa shape index (κ3) is 2.55. The van der Waals surface area contributed by atoms with Crippen LogP contribution in [0.4, 0.5) is 5.69 Å². The number of anilines is 1. The summed E-state index contributed by atoms with van der Waals surface area (Å²) in [7, 11) is 3.94. The largest absolute Gasteiger partial charge is 0.378 e. The zero-order valence-electron chi connectivity index (χ0n) is 12.9. The minimum Gasteiger partial charge on any atom is -0.378 e. The number of ketones is 1.